The van der Waals surface area contributed by atoms with Crippen LogP contribution in [0.4, 0.5) is 10.5 Å². The van der Waals surface area contributed by atoms with E-state index in [1.807, 2.05) is 0 Å². The Labute approximate surface area is 158 Å². The maximum atomic E-state index is 12.7. The molecule has 0 spiro atoms. The van der Waals surface area contributed by atoms with Gasteiger partial charge in [0.15, 0.2) is 0 Å². The standard InChI is InChI=1S/C17H22N5O4S/c1-20(2)14(19-27(3,25)26)12-5-7-13(8-6-12)21-11-17(15(18)23)9-4-10-22(17)16(21)24/h5-9H,4,10-11H2,1-3H3,(H2,18,23)/t17-/m1/s1. The van der Waals surface area contributed by atoms with Gasteiger partial charge in [-0.05, 0) is 30.7 Å². The van der Waals surface area contributed by atoms with Crippen LogP contribution in [0.5, 0.6) is 0 Å². The van der Waals surface area contributed by atoms with Crippen molar-refractivity contribution in [3.05, 3.63) is 36.2 Å². The van der Waals surface area contributed by atoms with Crippen LogP contribution in [0.25, 0.3) is 0 Å². The van der Waals surface area contributed by atoms with Gasteiger partial charge in [0.05, 0.1) is 12.8 Å². The number of hydrogen-bond donors (Lipinski definition) is 1. The Morgan fingerprint density at radius 2 is 1.89 bits per heavy atom. The highest BCUT2D eigenvalue weighted by molar-refractivity contribution is 7.89. The second-order valence-electron chi connectivity index (χ2n) is 6.89. The average Bonchev–Trinajstić information content (AvgIpc) is 3.12. The lowest BCUT2D eigenvalue weighted by Crippen LogP contribution is -2.53. The van der Waals surface area contributed by atoms with E-state index in [9.17, 15) is 18.0 Å². The first-order valence-electron chi connectivity index (χ1n) is 8.36. The van der Waals surface area contributed by atoms with Gasteiger partial charge < -0.3 is 15.5 Å². The molecule has 2 aliphatic heterocycles. The summed E-state index contributed by atoms with van der Waals surface area (Å²) >= 11 is 0. The van der Waals surface area contributed by atoms with E-state index >= 15 is 0 Å². The SMILES string of the molecule is CN(C)C(=NS(C)(=O)=O)c1ccc(N2C[C@@]3(C(N)=O)[CH]CCN3C2=O)cc1. The van der Waals surface area contributed by atoms with E-state index in [1.54, 1.807) is 49.7 Å². The molecule has 0 unspecified atom stereocenters. The van der Waals surface area contributed by atoms with Crippen LogP contribution in [0, 0.1) is 6.42 Å². The number of carbonyl (C=O) groups is 2. The van der Waals surface area contributed by atoms with Crippen molar-refractivity contribution in [3.63, 3.8) is 0 Å². The Morgan fingerprint density at radius 3 is 2.37 bits per heavy atom. The fourth-order valence-corrected chi connectivity index (χ4v) is 4.05. The zero-order valence-electron chi connectivity index (χ0n) is 15.4. The summed E-state index contributed by atoms with van der Waals surface area (Å²) in [6.07, 6.45) is 3.46. The van der Waals surface area contributed by atoms with E-state index in [0.717, 1.165) is 6.26 Å². The lowest BCUT2D eigenvalue weighted by molar-refractivity contribution is -0.124. The van der Waals surface area contributed by atoms with E-state index in [-0.39, 0.29) is 12.6 Å². The van der Waals surface area contributed by atoms with Crippen molar-refractivity contribution in [1.82, 2.24) is 9.80 Å². The Kier molecular flexibility index (Phi) is 4.62. The molecule has 145 valence electrons. The highest BCUT2D eigenvalue weighted by atomic mass is 32.2. The molecule has 1 radical (unpaired) electrons. The lowest BCUT2D eigenvalue weighted by Gasteiger charge is -2.25. The quantitative estimate of drug-likeness (QED) is 0.573. The van der Waals surface area contributed by atoms with Gasteiger partial charge in [-0.25, -0.2) is 13.2 Å². The summed E-state index contributed by atoms with van der Waals surface area (Å²) in [5.74, 6) is -0.248. The van der Waals surface area contributed by atoms with E-state index in [1.165, 1.54) is 9.80 Å². The first kappa shape index (κ1) is 19.2. The van der Waals surface area contributed by atoms with Crippen molar-refractivity contribution in [2.75, 3.05) is 38.3 Å². The third kappa shape index (κ3) is 3.36. The molecule has 9 nitrogen and oxygen atoms in total. The molecule has 0 aromatic heterocycles. The molecule has 0 saturated carbocycles. The number of nitrogens with zero attached hydrogens (tertiary/aromatic N) is 4. The van der Waals surface area contributed by atoms with Crippen molar-refractivity contribution in [1.29, 1.82) is 0 Å². The van der Waals surface area contributed by atoms with Gasteiger partial charge in [0.2, 0.25) is 5.91 Å². The Balaban J connectivity index is 1.91. The van der Waals surface area contributed by atoms with Gasteiger partial charge in [0, 0.05) is 38.3 Å². The summed E-state index contributed by atoms with van der Waals surface area (Å²) in [6.45, 7) is 0.626. The fraction of sp³-hybridized carbons (Fsp3) is 0.412. The number of amidine groups is 1. The van der Waals surface area contributed by atoms with Crippen molar-refractivity contribution in [2.24, 2.45) is 10.1 Å². The lowest BCUT2D eigenvalue weighted by atomic mass is 9.96. The molecule has 2 heterocycles. The summed E-state index contributed by atoms with van der Waals surface area (Å²) < 4.78 is 26.8. The smallest absolute Gasteiger partial charge is 0.325 e. The third-order valence-corrected chi connectivity index (χ3v) is 5.22. The highest BCUT2D eigenvalue weighted by Crippen LogP contribution is 2.38. The van der Waals surface area contributed by atoms with E-state index < -0.39 is 21.5 Å². The largest absolute Gasteiger partial charge is 0.368 e. The number of hydrogen-bond acceptors (Lipinski definition) is 4. The van der Waals surface area contributed by atoms with Crippen LogP contribution < -0.4 is 10.6 Å². The molecule has 2 N–H and O–H groups in total. The van der Waals surface area contributed by atoms with E-state index in [0.29, 0.717) is 30.1 Å². The summed E-state index contributed by atoms with van der Waals surface area (Å²) in [4.78, 5) is 29.3. The molecular formula is C17H22N5O4S. The van der Waals surface area contributed by atoms with Crippen LogP contribution >= 0.6 is 0 Å². The minimum Gasteiger partial charge on any atom is -0.368 e. The van der Waals surface area contributed by atoms with Crippen molar-refractivity contribution < 1.29 is 18.0 Å². The highest BCUT2D eigenvalue weighted by Gasteiger charge is 2.56. The third-order valence-electron chi connectivity index (χ3n) is 4.72. The first-order valence-corrected chi connectivity index (χ1v) is 10.2. The molecule has 1 atom stereocenters. The van der Waals surface area contributed by atoms with Crippen molar-refractivity contribution >= 4 is 33.5 Å². The number of sulfonamides is 1. The fourth-order valence-electron chi connectivity index (χ4n) is 3.47. The number of rotatable bonds is 4. The maximum Gasteiger partial charge on any atom is 0.325 e. The van der Waals surface area contributed by atoms with Crippen LogP contribution in [-0.2, 0) is 14.8 Å². The number of primary amides is 1. The van der Waals surface area contributed by atoms with Gasteiger partial charge in [0.1, 0.15) is 11.4 Å². The first-order chi connectivity index (χ1) is 12.5. The number of fused-ring (bicyclic) bond motifs is 1. The van der Waals surface area contributed by atoms with Crippen LogP contribution in [0.2, 0.25) is 0 Å². The van der Waals surface area contributed by atoms with Gasteiger partial charge in [-0.15, -0.1) is 4.40 Å². The number of anilines is 1. The molecule has 0 aliphatic carbocycles. The molecule has 3 rings (SSSR count). The molecule has 27 heavy (non-hydrogen) atoms. The van der Waals surface area contributed by atoms with Gasteiger partial charge in [-0.1, -0.05) is 0 Å². The van der Waals surface area contributed by atoms with Crippen molar-refractivity contribution in [2.45, 2.75) is 12.0 Å². The van der Waals surface area contributed by atoms with Gasteiger partial charge in [-0.2, -0.15) is 0 Å². The van der Waals surface area contributed by atoms with Gasteiger partial charge in [-0.3, -0.25) is 9.69 Å². The van der Waals surface area contributed by atoms with E-state index in [4.69, 9.17) is 5.73 Å². The Bertz CT molecular complexity index is 910. The number of urea groups is 1. The number of nitrogens with two attached hydrogens (primary N) is 1. The molecule has 1 aromatic carbocycles. The van der Waals surface area contributed by atoms with Crippen molar-refractivity contribution in [3.8, 4) is 0 Å². The number of benzene rings is 1. The molecule has 2 aliphatic rings. The van der Waals surface area contributed by atoms with Crippen LogP contribution in [-0.4, -0.2) is 75.0 Å². The van der Waals surface area contributed by atoms with Gasteiger partial charge >= 0.3 is 6.03 Å². The Morgan fingerprint density at radius 1 is 1.26 bits per heavy atom. The summed E-state index contributed by atoms with van der Waals surface area (Å²) in [6, 6.07) is 6.51. The maximum absolute atomic E-state index is 12.7. The van der Waals surface area contributed by atoms with Crippen LogP contribution in [0.1, 0.15) is 12.0 Å². The normalized spacial score (nSPS) is 22.9. The zero-order chi connectivity index (χ0) is 20.0. The van der Waals surface area contributed by atoms with E-state index in [2.05, 4.69) is 4.40 Å². The minimum atomic E-state index is -3.56. The Hall–Kier alpha value is -2.62. The minimum absolute atomic E-state index is 0.165. The van der Waals surface area contributed by atoms with Gasteiger partial charge in [0.25, 0.3) is 10.0 Å². The van der Waals surface area contributed by atoms with Crippen LogP contribution in [0.3, 0.4) is 0 Å². The van der Waals surface area contributed by atoms with Crippen LogP contribution in [0.15, 0.2) is 28.7 Å². The predicted molar refractivity (Wildman–Crippen MR) is 102 cm³/mol. The molecule has 2 fully saturated rings. The second kappa shape index (κ2) is 6.52. The summed E-state index contributed by atoms with van der Waals surface area (Å²) in [5.41, 5.74) is 5.69. The molecule has 1 aromatic rings. The molecular weight excluding hydrogens is 370 g/mol. The topological polar surface area (TPSA) is 116 Å². The molecule has 3 amide bonds. The number of carbonyl (C=O) groups excluding carboxylic acids is 2. The number of amides is 3. The monoisotopic (exact) mass is 392 g/mol. The average molecular weight is 392 g/mol. The molecule has 10 heteroatoms. The molecule has 0 bridgehead atoms. The second-order valence-corrected chi connectivity index (χ2v) is 8.54. The molecule has 2 saturated heterocycles. The predicted octanol–water partition coefficient (Wildman–Crippen LogP) is 0.0285. The summed E-state index contributed by atoms with van der Waals surface area (Å²) in [7, 11) is -0.165. The zero-order valence-corrected chi connectivity index (χ0v) is 16.2. The summed E-state index contributed by atoms with van der Waals surface area (Å²) in [5, 5.41) is 0.